The van der Waals surface area contributed by atoms with E-state index in [0.717, 1.165) is 11.1 Å². The minimum Gasteiger partial charge on any atom is -0.497 e. The number of thiazole rings is 1. The maximum absolute atomic E-state index is 12.7. The van der Waals surface area contributed by atoms with Crippen LogP contribution >= 0.6 is 22.9 Å². The molecule has 0 spiro atoms. The molecule has 0 atom stereocenters. The van der Waals surface area contributed by atoms with E-state index in [-0.39, 0.29) is 5.56 Å². The van der Waals surface area contributed by atoms with Crippen LogP contribution < -0.4 is 19.6 Å². The van der Waals surface area contributed by atoms with Crippen molar-refractivity contribution >= 4 is 34.0 Å². The van der Waals surface area contributed by atoms with Crippen molar-refractivity contribution in [3.05, 3.63) is 67.9 Å². The highest BCUT2D eigenvalue weighted by Crippen LogP contribution is 2.25. The standard InChI is InChI=1S/C19H14ClN3O3S/c1-25-14-7-6-11(15(10-14)26-2)9-16-18(24)23-19(27-16)21-17(22-23)12-4-3-5-13(20)8-12/h3-10H,1-2H3/b16-9+. The van der Waals surface area contributed by atoms with E-state index in [2.05, 4.69) is 10.1 Å². The summed E-state index contributed by atoms with van der Waals surface area (Å²) in [6.07, 6.45) is 1.76. The molecule has 0 saturated carbocycles. The molecule has 0 aliphatic heterocycles. The van der Waals surface area contributed by atoms with Crippen LogP contribution in [0.2, 0.25) is 5.02 Å². The summed E-state index contributed by atoms with van der Waals surface area (Å²) >= 11 is 7.29. The van der Waals surface area contributed by atoms with Gasteiger partial charge in [-0.2, -0.15) is 9.50 Å². The molecule has 6 nitrogen and oxygen atoms in total. The molecular weight excluding hydrogens is 386 g/mol. The van der Waals surface area contributed by atoms with Crippen LogP contribution in [0.4, 0.5) is 0 Å². The number of hydrogen-bond acceptors (Lipinski definition) is 6. The highest BCUT2D eigenvalue weighted by atomic mass is 35.5. The first-order chi connectivity index (χ1) is 13.1. The molecule has 0 saturated heterocycles. The third-order valence-corrected chi connectivity index (χ3v) is 5.19. The predicted octanol–water partition coefficient (Wildman–Crippen LogP) is 3.04. The average molecular weight is 400 g/mol. The number of fused-ring (bicyclic) bond motifs is 1. The van der Waals surface area contributed by atoms with Crippen molar-refractivity contribution in [2.75, 3.05) is 14.2 Å². The molecule has 4 rings (SSSR count). The first-order valence-electron chi connectivity index (χ1n) is 7.98. The Morgan fingerprint density at radius 1 is 1.15 bits per heavy atom. The Balaban J connectivity index is 1.80. The lowest BCUT2D eigenvalue weighted by atomic mass is 10.2. The quantitative estimate of drug-likeness (QED) is 0.527. The summed E-state index contributed by atoms with van der Waals surface area (Å²) in [5.74, 6) is 1.77. The Kier molecular flexibility index (Phi) is 4.55. The molecule has 0 amide bonds. The number of benzene rings is 2. The molecule has 0 aliphatic rings. The fraction of sp³-hybridized carbons (Fsp3) is 0.105. The summed E-state index contributed by atoms with van der Waals surface area (Å²) in [7, 11) is 3.16. The molecule has 4 aromatic rings. The van der Waals surface area contributed by atoms with Crippen molar-refractivity contribution in [3.63, 3.8) is 0 Å². The molecule has 27 heavy (non-hydrogen) atoms. The van der Waals surface area contributed by atoms with Crippen molar-refractivity contribution in [2.45, 2.75) is 0 Å². The van der Waals surface area contributed by atoms with Crippen molar-refractivity contribution in [1.29, 1.82) is 0 Å². The number of hydrogen-bond donors (Lipinski definition) is 0. The molecule has 2 aromatic heterocycles. The summed E-state index contributed by atoms with van der Waals surface area (Å²) in [4.78, 5) is 17.7. The molecule has 0 bridgehead atoms. The Morgan fingerprint density at radius 3 is 2.70 bits per heavy atom. The highest BCUT2D eigenvalue weighted by Gasteiger charge is 2.13. The maximum Gasteiger partial charge on any atom is 0.291 e. The SMILES string of the molecule is COc1ccc(/C=c2/sc3nc(-c4cccc(Cl)c4)nn3c2=O)c(OC)c1. The molecule has 2 aromatic carbocycles. The van der Waals surface area contributed by atoms with E-state index in [1.807, 2.05) is 24.3 Å². The fourth-order valence-corrected chi connectivity index (χ4v) is 3.75. The molecule has 0 fully saturated rings. The van der Waals surface area contributed by atoms with E-state index < -0.39 is 0 Å². The lowest BCUT2D eigenvalue weighted by Gasteiger charge is -2.06. The van der Waals surface area contributed by atoms with Crippen LogP contribution in [0.1, 0.15) is 5.56 Å². The lowest BCUT2D eigenvalue weighted by molar-refractivity contribution is 0.393. The van der Waals surface area contributed by atoms with Gasteiger partial charge in [0.1, 0.15) is 11.5 Å². The highest BCUT2D eigenvalue weighted by molar-refractivity contribution is 7.15. The van der Waals surface area contributed by atoms with E-state index in [0.29, 0.717) is 31.8 Å². The smallest absolute Gasteiger partial charge is 0.291 e. The van der Waals surface area contributed by atoms with Crippen molar-refractivity contribution in [1.82, 2.24) is 14.6 Å². The van der Waals surface area contributed by atoms with Gasteiger partial charge in [0, 0.05) is 22.2 Å². The molecule has 0 N–H and O–H groups in total. The van der Waals surface area contributed by atoms with Crippen LogP contribution in [0, 0.1) is 0 Å². The zero-order chi connectivity index (χ0) is 19.0. The number of ether oxygens (including phenoxy) is 2. The van der Waals surface area contributed by atoms with E-state index in [1.54, 1.807) is 38.5 Å². The number of aromatic nitrogens is 3. The second-order valence-electron chi connectivity index (χ2n) is 5.66. The predicted molar refractivity (Wildman–Crippen MR) is 106 cm³/mol. The second kappa shape index (κ2) is 7.02. The summed E-state index contributed by atoms with van der Waals surface area (Å²) in [5.41, 5.74) is 1.31. The molecule has 8 heteroatoms. The van der Waals surface area contributed by atoms with Gasteiger partial charge in [-0.1, -0.05) is 35.1 Å². The van der Waals surface area contributed by atoms with Gasteiger partial charge >= 0.3 is 0 Å². The van der Waals surface area contributed by atoms with Gasteiger partial charge in [-0.25, -0.2) is 0 Å². The van der Waals surface area contributed by atoms with Crippen LogP contribution in [-0.2, 0) is 0 Å². The van der Waals surface area contributed by atoms with Crippen molar-refractivity contribution < 1.29 is 9.47 Å². The summed E-state index contributed by atoms with van der Waals surface area (Å²) in [5, 5.41) is 4.92. The van der Waals surface area contributed by atoms with Crippen molar-refractivity contribution in [3.8, 4) is 22.9 Å². The molecule has 0 radical (unpaired) electrons. The third-order valence-electron chi connectivity index (χ3n) is 3.99. The van der Waals surface area contributed by atoms with Gasteiger partial charge in [-0.05, 0) is 30.3 Å². The first kappa shape index (κ1) is 17.5. The summed E-state index contributed by atoms with van der Waals surface area (Å²) in [6, 6.07) is 12.6. The molecule has 136 valence electrons. The first-order valence-corrected chi connectivity index (χ1v) is 9.18. The monoisotopic (exact) mass is 399 g/mol. The third kappa shape index (κ3) is 3.27. The molecule has 0 unspecified atom stereocenters. The minimum atomic E-state index is -0.228. The van der Waals surface area contributed by atoms with Crippen LogP contribution in [0.3, 0.4) is 0 Å². The Bertz CT molecular complexity index is 1250. The summed E-state index contributed by atoms with van der Waals surface area (Å²) < 4.78 is 12.4. The normalized spacial score (nSPS) is 11.9. The van der Waals surface area contributed by atoms with Gasteiger partial charge < -0.3 is 9.47 Å². The second-order valence-corrected chi connectivity index (χ2v) is 7.11. The Morgan fingerprint density at radius 2 is 2.00 bits per heavy atom. The van der Waals surface area contributed by atoms with Crippen LogP contribution in [0.25, 0.3) is 22.4 Å². The largest absolute Gasteiger partial charge is 0.497 e. The lowest BCUT2D eigenvalue weighted by Crippen LogP contribution is -2.23. The molecule has 2 heterocycles. The van der Waals surface area contributed by atoms with E-state index in [9.17, 15) is 4.79 Å². The van der Waals surface area contributed by atoms with Gasteiger partial charge in [-0.3, -0.25) is 4.79 Å². The zero-order valence-electron chi connectivity index (χ0n) is 14.5. The Hall–Kier alpha value is -2.90. The van der Waals surface area contributed by atoms with E-state index in [1.165, 1.54) is 15.9 Å². The van der Waals surface area contributed by atoms with E-state index in [4.69, 9.17) is 21.1 Å². The minimum absolute atomic E-state index is 0.228. The van der Waals surface area contributed by atoms with Crippen LogP contribution in [0.5, 0.6) is 11.5 Å². The van der Waals surface area contributed by atoms with Gasteiger partial charge in [0.25, 0.3) is 5.56 Å². The number of rotatable bonds is 4. The number of halogens is 1. The van der Waals surface area contributed by atoms with Gasteiger partial charge in [0.05, 0.1) is 18.8 Å². The Labute approximate surface area is 163 Å². The van der Waals surface area contributed by atoms with Gasteiger partial charge in [-0.15, -0.1) is 5.10 Å². The van der Waals surface area contributed by atoms with Gasteiger partial charge in [0.15, 0.2) is 5.82 Å². The van der Waals surface area contributed by atoms with E-state index >= 15 is 0 Å². The summed E-state index contributed by atoms with van der Waals surface area (Å²) in [6.45, 7) is 0. The average Bonchev–Trinajstić information content (AvgIpc) is 3.22. The number of nitrogens with zero attached hydrogens (tertiary/aromatic N) is 3. The van der Waals surface area contributed by atoms with Crippen LogP contribution in [-0.4, -0.2) is 28.8 Å². The van der Waals surface area contributed by atoms with Crippen molar-refractivity contribution in [2.24, 2.45) is 0 Å². The molecule has 0 aliphatic carbocycles. The fourth-order valence-electron chi connectivity index (χ4n) is 2.66. The maximum atomic E-state index is 12.7. The number of methoxy groups -OCH3 is 2. The topological polar surface area (TPSA) is 65.7 Å². The van der Waals surface area contributed by atoms with Gasteiger partial charge in [0.2, 0.25) is 4.96 Å². The van der Waals surface area contributed by atoms with Crippen LogP contribution in [0.15, 0.2) is 47.3 Å². The molecular formula is C19H14ClN3O3S. The zero-order valence-corrected chi connectivity index (χ0v) is 16.0.